The average molecular weight is 364 g/mol. The van der Waals surface area contributed by atoms with Crippen molar-refractivity contribution < 1.29 is 9.53 Å². The van der Waals surface area contributed by atoms with Gasteiger partial charge in [-0.1, -0.05) is 40.9 Å². The number of nitrogens with zero attached hydrogens (tertiary/aromatic N) is 1. The minimum absolute atomic E-state index is 0.237. The lowest BCUT2D eigenvalue weighted by atomic mass is 10.3. The standard InChI is InChI=1S/C13H9Cl3N2O2S/c14-9-4-11(16)12(5-10(9)15)20-7-13(19)18-17-6-8-2-1-3-21-8/h1-6H,7H2,(H,18,19)/b17-6+. The first-order chi connectivity index (χ1) is 10.1. The smallest absolute Gasteiger partial charge is 0.277 e. The molecule has 0 aliphatic heterocycles. The van der Waals surface area contributed by atoms with Crippen molar-refractivity contribution in [3.63, 3.8) is 0 Å². The second-order valence-electron chi connectivity index (χ2n) is 3.79. The summed E-state index contributed by atoms with van der Waals surface area (Å²) in [6, 6.07) is 6.68. The van der Waals surface area contributed by atoms with Crippen LogP contribution in [0.3, 0.4) is 0 Å². The predicted molar refractivity (Wildman–Crippen MR) is 87.0 cm³/mol. The number of ether oxygens (including phenoxy) is 1. The third-order valence-corrected chi connectivity index (χ3v) is 4.08. The molecule has 0 saturated heterocycles. The molecule has 0 spiro atoms. The number of rotatable bonds is 5. The summed E-state index contributed by atoms with van der Waals surface area (Å²) < 4.78 is 5.26. The van der Waals surface area contributed by atoms with E-state index >= 15 is 0 Å². The Balaban J connectivity index is 1.85. The highest BCUT2D eigenvalue weighted by Gasteiger charge is 2.09. The van der Waals surface area contributed by atoms with Crippen LogP contribution in [0.2, 0.25) is 15.1 Å². The SMILES string of the molecule is O=C(COc1cc(Cl)c(Cl)cc1Cl)N/N=C/c1cccs1. The lowest BCUT2D eigenvalue weighted by Crippen LogP contribution is -2.24. The molecule has 0 fully saturated rings. The van der Waals surface area contributed by atoms with Crippen molar-refractivity contribution in [2.24, 2.45) is 5.10 Å². The maximum atomic E-state index is 11.6. The Labute approximate surface area is 140 Å². The highest BCUT2D eigenvalue weighted by molar-refractivity contribution is 7.11. The van der Waals surface area contributed by atoms with Crippen molar-refractivity contribution in [2.75, 3.05) is 6.61 Å². The van der Waals surface area contributed by atoms with Gasteiger partial charge in [-0.25, -0.2) is 5.43 Å². The highest BCUT2D eigenvalue weighted by atomic mass is 35.5. The molecule has 4 nitrogen and oxygen atoms in total. The Morgan fingerprint density at radius 1 is 1.29 bits per heavy atom. The van der Waals surface area contributed by atoms with Crippen molar-refractivity contribution in [1.82, 2.24) is 5.43 Å². The first kappa shape index (κ1) is 16.1. The largest absolute Gasteiger partial charge is 0.482 e. The van der Waals surface area contributed by atoms with Gasteiger partial charge in [-0.15, -0.1) is 11.3 Å². The van der Waals surface area contributed by atoms with Crippen LogP contribution >= 0.6 is 46.1 Å². The third kappa shape index (κ3) is 4.89. The van der Waals surface area contributed by atoms with Crippen LogP contribution in [-0.2, 0) is 4.79 Å². The van der Waals surface area contributed by atoms with Gasteiger partial charge in [0.1, 0.15) is 5.75 Å². The molecule has 0 aliphatic carbocycles. The number of hydrogen-bond donors (Lipinski definition) is 1. The van der Waals surface area contributed by atoms with E-state index in [1.165, 1.54) is 23.5 Å². The summed E-state index contributed by atoms with van der Waals surface area (Å²) in [6.45, 7) is -0.237. The first-order valence-electron chi connectivity index (χ1n) is 5.69. The molecule has 110 valence electrons. The molecule has 1 amide bonds. The summed E-state index contributed by atoms with van der Waals surface area (Å²) in [5.41, 5.74) is 2.35. The van der Waals surface area contributed by atoms with Crippen LogP contribution < -0.4 is 10.2 Å². The van der Waals surface area contributed by atoms with Crippen LogP contribution in [0.15, 0.2) is 34.7 Å². The molecule has 1 heterocycles. The summed E-state index contributed by atoms with van der Waals surface area (Å²) in [4.78, 5) is 12.5. The fourth-order valence-electron chi connectivity index (χ4n) is 1.32. The van der Waals surface area contributed by atoms with E-state index < -0.39 is 5.91 Å². The van der Waals surface area contributed by atoms with E-state index in [1.807, 2.05) is 17.5 Å². The topological polar surface area (TPSA) is 50.7 Å². The van der Waals surface area contributed by atoms with E-state index in [0.717, 1.165) is 4.88 Å². The number of nitrogens with one attached hydrogen (secondary N) is 1. The van der Waals surface area contributed by atoms with Crippen molar-refractivity contribution >= 4 is 58.3 Å². The molecule has 0 radical (unpaired) electrons. The van der Waals surface area contributed by atoms with Crippen LogP contribution in [0, 0.1) is 0 Å². The number of benzene rings is 1. The number of carbonyl (C=O) groups excluding carboxylic acids is 1. The van der Waals surface area contributed by atoms with E-state index in [9.17, 15) is 4.79 Å². The Morgan fingerprint density at radius 3 is 2.76 bits per heavy atom. The van der Waals surface area contributed by atoms with E-state index in [2.05, 4.69) is 10.5 Å². The normalized spacial score (nSPS) is 10.8. The summed E-state index contributed by atoms with van der Waals surface area (Å²) in [6.07, 6.45) is 1.55. The van der Waals surface area contributed by atoms with Gasteiger partial charge in [0.15, 0.2) is 6.61 Å². The maximum Gasteiger partial charge on any atom is 0.277 e. The monoisotopic (exact) mass is 362 g/mol. The minimum atomic E-state index is -0.412. The molecule has 0 unspecified atom stereocenters. The van der Waals surface area contributed by atoms with Crippen molar-refractivity contribution in [3.05, 3.63) is 49.6 Å². The molecule has 1 N–H and O–H groups in total. The van der Waals surface area contributed by atoms with E-state index in [-0.39, 0.29) is 17.4 Å². The summed E-state index contributed by atoms with van der Waals surface area (Å²) >= 11 is 19.1. The highest BCUT2D eigenvalue weighted by Crippen LogP contribution is 2.33. The van der Waals surface area contributed by atoms with E-state index in [0.29, 0.717) is 10.0 Å². The van der Waals surface area contributed by atoms with Crippen LogP contribution in [0.25, 0.3) is 0 Å². The van der Waals surface area contributed by atoms with Gasteiger partial charge in [0.05, 0.1) is 21.3 Å². The summed E-state index contributed by atoms with van der Waals surface area (Å²) in [7, 11) is 0. The van der Waals surface area contributed by atoms with Crippen molar-refractivity contribution in [2.45, 2.75) is 0 Å². The molecule has 2 rings (SSSR count). The lowest BCUT2D eigenvalue weighted by molar-refractivity contribution is -0.123. The lowest BCUT2D eigenvalue weighted by Gasteiger charge is -2.08. The maximum absolute atomic E-state index is 11.6. The fourth-order valence-corrected chi connectivity index (χ4v) is 2.50. The van der Waals surface area contributed by atoms with Crippen LogP contribution in [0.1, 0.15) is 4.88 Å². The molecule has 0 aliphatic rings. The molecular formula is C13H9Cl3N2O2S. The number of halogens is 3. The van der Waals surface area contributed by atoms with Crippen LogP contribution in [0.5, 0.6) is 5.75 Å². The molecule has 21 heavy (non-hydrogen) atoms. The number of carbonyl (C=O) groups is 1. The molecule has 2 aromatic rings. The van der Waals surface area contributed by atoms with Gasteiger partial charge in [-0.3, -0.25) is 4.79 Å². The zero-order valence-electron chi connectivity index (χ0n) is 10.5. The van der Waals surface area contributed by atoms with E-state index in [4.69, 9.17) is 39.5 Å². The number of amides is 1. The Hall–Kier alpha value is -1.27. The zero-order chi connectivity index (χ0) is 15.2. The molecule has 0 saturated carbocycles. The molecule has 1 aromatic carbocycles. The van der Waals surface area contributed by atoms with Crippen molar-refractivity contribution in [1.29, 1.82) is 0 Å². The Morgan fingerprint density at radius 2 is 2.05 bits per heavy atom. The summed E-state index contributed by atoms with van der Waals surface area (Å²) in [5.74, 6) is -0.131. The van der Waals surface area contributed by atoms with E-state index in [1.54, 1.807) is 6.21 Å². The first-order valence-corrected chi connectivity index (χ1v) is 7.70. The average Bonchev–Trinajstić information content (AvgIpc) is 2.94. The molecule has 0 atom stereocenters. The number of hydrogen-bond acceptors (Lipinski definition) is 4. The fraction of sp³-hybridized carbons (Fsp3) is 0.0769. The quantitative estimate of drug-likeness (QED) is 0.491. The molecule has 8 heteroatoms. The number of hydrazone groups is 1. The molecule has 0 bridgehead atoms. The van der Waals surface area contributed by atoms with Crippen molar-refractivity contribution in [3.8, 4) is 5.75 Å². The predicted octanol–water partition coefficient (Wildman–Crippen LogP) is 4.24. The minimum Gasteiger partial charge on any atom is -0.482 e. The Bertz CT molecular complexity index is 660. The van der Waals surface area contributed by atoms with Gasteiger partial charge >= 0.3 is 0 Å². The van der Waals surface area contributed by atoms with Crippen LogP contribution in [0.4, 0.5) is 0 Å². The molecule has 1 aromatic heterocycles. The van der Waals surface area contributed by atoms with Gasteiger partial charge < -0.3 is 4.74 Å². The van der Waals surface area contributed by atoms with Gasteiger partial charge in [-0.2, -0.15) is 5.10 Å². The van der Waals surface area contributed by atoms with Gasteiger partial charge in [0.2, 0.25) is 0 Å². The van der Waals surface area contributed by atoms with Crippen LogP contribution in [-0.4, -0.2) is 18.7 Å². The van der Waals surface area contributed by atoms with Gasteiger partial charge in [0, 0.05) is 10.9 Å². The summed E-state index contributed by atoms with van der Waals surface area (Å²) in [5, 5.41) is 6.62. The van der Waals surface area contributed by atoms with Gasteiger partial charge in [0.25, 0.3) is 5.91 Å². The second-order valence-corrected chi connectivity index (χ2v) is 5.99. The number of thiophene rings is 1. The Kier molecular flexibility index (Phi) is 5.87. The third-order valence-electron chi connectivity index (χ3n) is 2.26. The second kappa shape index (κ2) is 7.66. The molecular weight excluding hydrogens is 355 g/mol. The van der Waals surface area contributed by atoms with Gasteiger partial charge in [-0.05, 0) is 17.5 Å². The zero-order valence-corrected chi connectivity index (χ0v) is 13.6.